The van der Waals surface area contributed by atoms with Gasteiger partial charge in [-0.2, -0.15) is 0 Å². The molecule has 0 atom stereocenters. The number of rotatable bonds is 0. The third-order valence-corrected chi connectivity index (χ3v) is 1.56. The molecule has 2 rings (SSSR count). The number of nitrogens with zero attached hydrogens (tertiary/aromatic N) is 1. The van der Waals surface area contributed by atoms with Gasteiger partial charge in [0.05, 0.1) is 11.2 Å². The minimum Gasteiger partial charge on any atom is -0.397 e. The summed E-state index contributed by atoms with van der Waals surface area (Å²) >= 11 is 0. The van der Waals surface area contributed by atoms with Gasteiger partial charge >= 0.3 is 7.82 Å². The fourth-order valence-electron chi connectivity index (χ4n) is 1.07. The van der Waals surface area contributed by atoms with Gasteiger partial charge in [0.1, 0.15) is 5.52 Å². The van der Waals surface area contributed by atoms with Gasteiger partial charge in [-0.15, -0.1) is 0 Å². The van der Waals surface area contributed by atoms with E-state index in [-0.39, 0.29) is 0 Å². The molecular formula is C7H11N4O4P. The van der Waals surface area contributed by atoms with Crippen molar-refractivity contribution in [3.05, 3.63) is 18.2 Å². The second-order valence-electron chi connectivity index (χ2n) is 2.88. The minimum absolute atomic E-state index is 0.401. The highest BCUT2D eigenvalue weighted by Crippen LogP contribution is 2.25. The molecule has 88 valence electrons. The van der Waals surface area contributed by atoms with Crippen LogP contribution in [0.25, 0.3) is 11.0 Å². The molecule has 8 N–H and O–H groups in total. The Kier molecular flexibility index (Phi) is 3.51. The van der Waals surface area contributed by atoms with Crippen LogP contribution in [0.2, 0.25) is 0 Å². The van der Waals surface area contributed by atoms with Gasteiger partial charge in [0.15, 0.2) is 5.95 Å². The van der Waals surface area contributed by atoms with Crippen LogP contribution in [0.5, 0.6) is 0 Å². The van der Waals surface area contributed by atoms with Crippen molar-refractivity contribution < 1.29 is 19.2 Å². The molecule has 16 heavy (non-hydrogen) atoms. The highest BCUT2D eigenvalue weighted by Gasteiger charge is 2.01. The quantitative estimate of drug-likeness (QED) is 0.277. The lowest BCUT2D eigenvalue weighted by Crippen LogP contribution is -1.86. The minimum atomic E-state index is -4.64. The lowest BCUT2D eigenvalue weighted by atomic mass is 10.3. The average Bonchev–Trinajstić information content (AvgIpc) is 2.44. The average molecular weight is 246 g/mol. The maximum absolute atomic E-state index is 8.88. The largest absolute Gasteiger partial charge is 0.466 e. The maximum atomic E-state index is 8.88. The first-order valence-electron chi connectivity index (χ1n) is 4.05. The van der Waals surface area contributed by atoms with Crippen molar-refractivity contribution in [2.75, 3.05) is 11.5 Å². The van der Waals surface area contributed by atoms with Crippen molar-refractivity contribution in [3.63, 3.8) is 0 Å². The summed E-state index contributed by atoms with van der Waals surface area (Å²) in [6.07, 6.45) is 0. The SMILES string of the molecule is Nc1nc2c(N)cccc2[nH]1.O=P(O)(O)O. The second-order valence-corrected chi connectivity index (χ2v) is 3.91. The van der Waals surface area contributed by atoms with E-state index in [1.807, 2.05) is 12.1 Å². The van der Waals surface area contributed by atoms with E-state index in [9.17, 15) is 0 Å². The summed E-state index contributed by atoms with van der Waals surface area (Å²) in [5, 5.41) is 0. The van der Waals surface area contributed by atoms with Gasteiger partial charge in [-0.1, -0.05) is 6.07 Å². The van der Waals surface area contributed by atoms with Crippen LogP contribution in [0.15, 0.2) is 18.2 Å². The van der Waals surface area contributed by atoms with Crippen LogP contribution in [0.4, 0.5) is 11.6 Å². The van der Waals surface area contributed by atoms with Crippen molar-refractivity contribution >= 4 is 30.5 Å². The van der Waals surface area contributed by atoms with Crippen molar-refractivity contribution in [3.8, 4) is 0 Å². The van der Waals surface area contributed by atoms with E-state index in [0.717, 1.165) is 11.0 Å². The third-order valence-electron chi connectivity index (χ3n) is 1.56. The first kappa shape index (κ1) is 12.5. The molecule has 0 fully saturated rings. The number of anilines is 2. The zero-order valence-electron chi connectivity index (χ0n) is 8.03. The van der Waals surface area contributed by atoms with Crippen molar-refractivity contribution in [1.82, 2.24) is 9.97 Å². The van der Waals surface area contributed by atoms with E-state index >= 15 is 0 Å². The normalized spacial score (nSPS) is 10.9. The Bertz CT molecular complexity index is 526. The van der Waals surface area contributed by atoms with Gasteiger partial charge in [-0.05, 0) is 12.1 Å². The van der Waals surface area contributed by atoms with Crippen LogP contribution >= 0.6 is 7.82 Å². The summed E-state index contributed by atoms with van der Waals surface area (Å²) in [6, 6.07) is 5.53. The number of aromatic amines is 1. The standard InChI is InChI=1S/C7H8N4.H3O4P/c8-4-2-1-3-5-6(4)11-7(9)10-5;1-5(2,3)4/h1-3H,8H2,(H3,9,10,11);(H3,1,2,3,4). The van der Waals surface area contributed by atoms with E-state index in [2.05, 4.69) is 9.97 Å². The van der Waals surface area contributed by atoms with E-state index in [0.29, 0.717) is 11.6 Å². The summed E-state index contributed by atoms with van der Waals surface area (Å²) in [5.41, 5.74) is 13.3. The third kappa shape index (κ3) is 3.87. The Balaban J connectivity index is 0.000000221. The highest BCUT2D eigenvalue weighted by atomic mass is 31.2. The Hall–Kier alpha value is -1.60. The van der Waals surface area contributed by atoms with Crippen LogP contribution in [0.1, 0.15) is 0 Å². The number of phosphoric acid groups is 1. The summed E-state index contributed by atoms with van der Waals surface area (Å²) in [6.45, 7) is 0. The smallest absolute Gasteiger partial charge is 0.397 e. The molecule has 0 radical (unpaired) electrons. The molecule has 0 aliphatic carbocycles. The Labute approximate surface area is 90.2 Å². The predicted molar refractivity (Wildman–Crippen MR) is 59.2 cm³/mol. The van der Waals surface area contributed by atoms with Crippen LogP contribution in [-0.2, 0) is 4.57 Å². The number of nitrogens with one attached hydrogen (secondary N) is 1. The van der Waals surface area contributed by atoms with Gasteiger partial charge in [-0.3, -0.25) is 0 Å². The predicted octanol–water partition coefficient (Wildman–Crippen LogP) is -0.201. The monoisotopic (exact) mass is 246 g/mol. The van der Waals surface area contributed by atoms with Crippen LogP contribution in [0.3, 0.4) is 0 Å². The van der Waals surface area contributed by atoms with Crippen molar-refractivity contribution in [2.24, 2.45) is 0 Å². The number of nitrogens with two attached hydrogens (primary N) is 2. The molecule has 0 aliphatic rings. The number of fused-ring (bicyclic) bond motifs is 1. The van der Waals surface area contributed by atoms with E-state index in [1.54, 1.807) is 6.07 Å². The lowest BCUT2D eigenvalue weighted by molar-refractivity contribution is 0.275. The Morgan fingerprint density at radius 1 is 1.25 bits per heavy atom. The van der Waals surface area contributed by atoms with Gasteiger partial charge in [0, 0.05) is 0 Å². The molecule has 0 saturated carbocycles. The molecule has 1 aromatic heterocycles. The summed E-state index contributed by atoms with van der Waals surface area (Å²) < 4.78 is 8.88. The number of hydrogen-bond acceptors (Lipinski definition) is 4. The summed E-state index contributed by atoms with van der Waals surface area (Å²) in [5.74, 6) is 0.401. The summed E-state index contributed by atoms with van der Waals surface area (Å²) in [4.78, 5) is 28.5. The van der Waals surface area contributed by atoms with Gasteiger partial charge in [0.2, 0.25) is 0 Å². The first-order valence-corrected chi connectivity index (χ1v) is 5.62. The molecule has 0 amide bonds. The highest BCUT2D eigenvalue weighted by molar-refractivity contribution is 7.45. The Morgan fingerprint density at radius 3 is 2.31 bits per heavy atom. The van der Waals surface area contributed by atoms with Crippen molar-refractivity contribution in [1.29, 1.82) is 0 Å². The summed E-state index contributed by atoms with van der Waals surface area (Å²) in [7, 11) is -4.64. The van der Waals surface area contributed by atoms with Crippen LogP contribution in [-0.4, -0.2) is 24.6 Å². The number of H-pyrrole nitrogens is 1. The number of nitrogen functional groups attached to an aromatic ring is 2. The van der Waals surface area contributed by atoms with Gasteiger partial charge in [0.25, 0.3) is 0 Å². The van der Waals surface area contributed by atoms with Crippen LogP contribution < -0.4 is 11.5 Å². The zero-order valence-corrected chi connectivity index (χ0v) is 8.93. The molecular weight excluding hydrogens is 235 g/mol. The molecule has 9 heteroatoms. The van der Waals surface area contributed by atoms with E-state index in [1.165, 1.54) is 0 Å². The molecule has 0 spiro atoms. The fourth-order valence-corrected chi connectivity index (χ4v) is 1.07. The van der Waals surface area contributed by atoms with Crippen LogP contribution in [0, 0.1) is 0 Å². The van der Waals surface area contributed by atoms with Gasteiger partial charge in [-0.25, -0.2) is 9.55 Å². The zero-order chi connectivity index (χ0) is 12.3. The second kappa shape index (κ2) is 4.50. The molecule has 2 aromatic rings. The number of benzene rings is 1. The molecule has 8 nitrogen and oxygen atoms in total. The molecule has 0 bridgehead atoms. The molecule has 1 heterocycles. The molecule has 0 saturated heterocycles. The molecule has 0 unspecified atom stereocenters. The van der Waals surface area contributed by atoms with E-state index in [4.69, 9.17) is 30.7 Å². The molecule has 1 aromatic carbocycles. The topological polar surface area (TPSA) is 158 Å². The number of para-hydroxylation sites is 1. The number of hydrogen-bond donors (Lipinski definition) is 6. The first-order chi connectivity index (χ1) is 7.27. The maximum Gasteiger partial charge on any atom is 0.466 e. The number of aromatic nitrogens is 2. The molecule has 0 aliphatic heterocycles. The fraction of sp³-hybridized carbons (Fsp3) is 0. The van der Waals surface area contributed by atoms with E-state index < -0.39 is 7.82 Å². The lowest BCUT2D eigenvalue weighted by Gasteiger charge is -1.90. The number of imidazole rings is 1. The Morgan fingerprint density at radius 2 is 1.81 bits per heavy atom. The van der Waals surface area contributed by atoms with Crippen molar-refractivity contribution in [2.45, 2.75) is 0 Å². The van der Waals surface area contributed by atoms with Gasteiger partial charge < -0.3 is 31.1 Å².